The second-order valence-corrected chi connectivity index (χ2v) is 5.76. The SMILES string of the molecule is Cc1nnsc1C(=O)Nc1nnc(Cc2ccc3c(c2)OCO3)o1. The Labute approximate surface area is 139 Å². The smallest absolute Gasteiger partial charge is 0.322 e. The fourth-order valence-corrected chi connectivity index (χ4v) is 2.75. The Bertz CT molecular complexity index is 906. The van der Waals surface area contributed by atoms with Crippen LogP contribution in [0.2, 0.25) is 0 Å². The standard InChI is InChI=1S/C14H11N5O4S/c1-7-12(24-19-16-7)13(20)15-14-18-17-11(23-14)5-8-2-3-9-10(4-8)22-6-21-9/h2-4H,5-6H2,1H3,(H,15,18,20). The zero-order valence-electron chi connectivity index (χ0n) is 12.5. The first kappa shape index (κ1) is 14.6. The third kappa shape index (κ3) is 2.78. The molecule has 0 bridgehead atoms. The summed E-state index contributed by atoms with van der Waals surface area (Å²) in [6, 6.07) is 5.61. The van der Waals surface area contributed by atoms with Crippen LogP contribution in [0.3, 0.4) is 0 Å². The molecule has 9 nitrogen and oxygen atoms in total. The first-order chi connectivity index (χ1) is 11.7. The fraction of sp³-hybridized carbons (Fsp3) is 0.214. The molecule has 0 saturated heterocycles. The van der Waals surface area contributed by atoms with Crippen molar-refractivity contribution in [2.24, 2.45) is 0 Å². The van der Waals surface area contributed by atoms with Crippen LogP contribution in [0.5, 0.6) is 11.5 Å². The van der Waals surface area contributed by atoms with Crippen LogP contribution in [0.25, 0.3) is 0 Å². The number of aromatic nitrogens is 4. The zero-order chi connectivity index (χ0) is 16.5. The van der Waals surface area contributed by atoms with Gasteiger partial charge in [-0.25, -0.2) is 0 Å². The fourth-order valence-electron chi connectivity index (χ4n) is 2.19. The third-order valence-electron chi connectivity index (χ3n) is 3.34. The summed E-state index contributed by atoms with van der Waals surface area (Å²) in [5, 5.41) is 14.1. The molecule has 0 unspecified atom stereocenters. The van der Waals surface area contributed by atoms with E-state index in [1.54, 1.807) is 6.92 Å². The molecular weight excluding hydrogens is 334 g/mol. The van der Waals surface area contributed by atoms with E-state index in [9.17, 15) is 4.79 Å². The van der Waals surface area contributed by atoms with Crippen LogP contribution in [-0.4, -0.2) is 32.5 Å². The predicted molar refractivity (Wildman–Crippen MR) is 82.3 cm³/mol. The van der Waals surface area contributed by atoms with Crippen molar-refractivity contribution in [3.8, 4) is 11.5 Å². The molecule has 4 rings (SSSR count). The maximum Gasteiger partial charge on any atom is 0.322 e. The Balaban J connectivity index is 1.45. The minimum Gasteiger partial charge on any atom is -0.454 e. The quantitative estimate of drug-likeness (QED) is 0.762. The first-order valence-electron chi connectivity index (χ1n) is 7.00. The third-order valence-corrected chi connectivity index (χ3v) is 4.16. The summed E-state index contributed by atoms with van der Waals surface area (Å²) in [4.78, 5) is 12.5. The summed E-state index contributed by atoms with van der Waals surface area (Å²) >= 11 is 1.01. The van der Waals surface area contributed by atoms with Crippen molar-refractivity contribution in [1.82, 2.24) is 19.8 Å². The molecule has 0 aliphatic carbocycles. The average Bonchev–Trinajstić information content (AvgIpc) is 3.28. The number of nitrogens with zero attached hydrogens (tertiary/aromatic N) is 4. The second kappa shape index (κ2) is 5.89. The van der Waals surface area contributed by atoms with Gasteiger partial charge >= 0.3 is 6.01 Å². The minimum absolute atomic E-state index is 0.0311. The van der Waals surface area contributed by atoms with Gasteiger partial charge in [0.25, 0.3) is 5.91 Å². The molecule has 2 aromatic heterocycles. The molecular formula is C14H11N5O4S. The van der Waals surface area contributed by atoms with Crippen molar-refractivity contribution in [2.45, 2.75) is 13.3 Å². The number of hydrogen-bond donors (Lipinski definition) is 1. The summed E-state index contributed by atoms with van der Waals surface area (Å²) < 4.78 is 19.8. The highest BCUT2D eigenvalue weighted by Crippen LogP contribution is 2.33. The highest BCUT2D eigenvalue weighted by molar-refractivity contribution is 7.08. The molecule has 0 radical (unpaired) electrons. The number of anilines is 1. The van der Waals surface area contributed by atoms with Crippen molar-refractivity contribution in [3.63, 3.8) is 0 Å². The first-order valence-corrected chi connectivity index (χ1v) is 7.77. The van der Waals surface area contributed by atoms with Crippen molar-refractivity contribution < 1.29 is 18.7 Å². The molecule has 3 heterocycles. The lowest BCUT2D eigenvalue weighted by Crippen LogP contribution is -2.11. The number of amides is 1. The van der Waals surface area contributed by atoms with E-state index < -0.39 is 0 Å². The van der Waals surface area contributed by atoms with Gasteiger partial charge in [0.2, 0.25) is 12.7 Å². The summed E-state index contributed by atoms with van der Waals surface area (Å²) in [6.07, 6.45) is 0.417. The number of carbonyl (C=O) groups excluding carboxylic acids is 1. The topological polar surface area (TPSA) is 112 Å². The molecule has 0 atom stereocenters. The molecule has 0 spiro atoms. The van der Waals surface area contributed by atoms with Gasteiger partial charge in [-0.1, -0.05) is 15.7 Å². The summed E-state index contributed by atoms with van der Waals surface area (Å²) in [5.74, 6) is 1.41. The van der Waals surface area contributed by atoms with E-state index in [0.29, 0.717) is 34.4 Å². The van der Waals surface area contributed by atoms with Gasteiger partial charge in [0, 0.05) is 0 Å². The lowest BCUT2D eigenvalue weighted by Gasteiger charge is -2.00. The molecule has 0 fully saturated rings. The van der Waals surface area contributed by atoms with Gasteiger partial charge in [0.1, 0.15) is 4.88 Å². The summed E-state index contributed by atoms with van der Waals surface area (Å²) in [7, 11) is 0. The average molecular weight is 345 g/mol. The Kier molecular flexibility index (Phi) is 3.58. The van der Waals surface area contributed by atoms with Gasteiger partial charge in [-0.05, 0) is 36.2 Å². The maximum absolute atomic E-state index is 12.1. The largest absolute Gasteiger partial charge is 0.454 e. The van der Waals surface area contributed by atoms with E-state index in [1.165, 1.54) is 0 Å². The Hall–Kier alpha value is -3.01. The van der Waals surface area contributed by atoms with Crippen LogP contribution in [0.4, 0.5) is 6.01 Å². The van der Waals surface area contributed by atoms with E-state index in [1.807, 2.05) is 18.2 Å². The molecule has 1 aliphatic heterocycles. The molecule has 10 heteroatoms. The number of fused-ring (bicyclic) bond motifs is 1. The monoisotopic (exact) mass is 345 g/mol. The molecule has 0 saturated carbocycles. The molecule has 3 aromatic rings. The highest BCUT2D eigenvalue weighted by Gasteiger charge is 2.18. The molecule has 1 amide bonds. The van der Waals surface area contributed by atoms with E-state index in [2.05, 4.69) is 25.1 Å². The van der Waals surface area contributed by atoms with Gasteiger partial charge in [-0.3, -0.25) is 10.1 Å². The minimum atomic E-state index is -0.374. The number of nitrogens with one attached hydrogen (secondary N) is 1. The zero-order valence-corrected chi connectivity index (χ0v) is 13.3. The van der Waals surface area contributed by atoms with Crippen LogP contribution < -0.4 is 14.8 Å². The number of benzene rings is 1. The van der Waals surface area contributed by atoms with E-state index in [0.717, 1.165) is 17.1 Å². The predicted octanol–water partition coefficient (Wildman–Crippen LogP) is 1.80. The second-order valence-electron chi connectivity index (χ2n) is 5.01. The van der Waals surface area contributed by atoms with Gasteiger partial charge in [-0.15, -0.1) is 10.2 Å². The lowest BCUT2D eigenvalue weighted by molar-refractivity contribution is 0.102. The van der Waals surface area contributed by atoms with Crippen LogP contribution in [0, 0.1) is 6.92 Å². The number of aryl methyl sites for hydroxylation is 1. The van der Waals surface area contributed by atoms with Gasteiger partial charge in [-0.2, -0.15) is 0 Å². The van der Waals surface area contributed by atoms with Crippen molar-refractivity contribution in [3.05, 3.63) is 40.2 Å². The molecule has 122 valence electrons. The van der Waals surface area contributed by atoms with E-state index >= 15 is 0 Å². The molecule has 24 heavy (non-hydrogen) atoms. The Morgan fingerprint density at radius 3 is 2.96 bits per heavy atom. The van der Waals surface area contributed by atoms with E-state index in [-0.39, 0.29) is 18.7 Å². The number of hydrogen-bond acceptors (Lipinski definition) is 9. The molecule has 1 N–H and O–H groups in total. The van der Waals surface area contributed by atoms with E-state index in [4.69, 9.17) is 13.9 Å². The van der Waals surface area contributed by atoms with Crippen LogP contribution in [0.1, 0.15) is 26.8 Å². The van der Waals surface area contributed by atoms with Crippen LogP contribution >= 0.6 is 11.5 Å². The maximum atomic E-state index is 12.1. The van der Waals surface area contributed by atoms with Crippen molar-refractivity contribution in [1.29, 1.82) is 0 Å². The van der Waals surface area contributed by atoms with Gasteiger partial charge in [0.05, 0.1) is 12.1 Å². The van der Waals surface area contributed by atoms with Crippen LogP contribution in [0.15, 0.2) is 22.6 Å². The Morgan fingerprint density at radius 1 is 1.25 bits per heavy atom. The number of ether oxygens (including phenoxy) is 2. The number of carbonyl (C=O) groups is 1. The number of rotatable bonds is 4. The molecule has 1 aromatic carbocycles. The van der Waals surface area contributed by atoms with Gasteiger partial charge < -0.3 is 13.9 Å². The van der Waals surface area contributed by atoms with Crippen LogP contribution in [-0.2, 0) is 6.42 Å². The molecule has 1 aliphatic rings. The van der Waals surface area contributed by atoms with Gasteiger partial charge in [0.15, 0.2) is 11.5 Å². The normalized spacial score (nSPS) is 12.4. The van der Waals surface area contributed by atoms with Crippen molar-refractivity contribution >= 4 is 23.5 Å². The summed E-state index contributed by atoms with van der Waals surface area (Å²) in [5.41, 5.74) is 1.49. The van der Waals surface area contributed by atoms with Crippen molar-refractivity contribution in [2.75, 3.05) is 12.1 Å². The highest BCUT2D eigenvalue weighted by atomic mass is 32.1. The Morgan fingerprint density at radius 2 is 2.12 bits per heavy atom. The summed E-state index contributed by atoms with van der Waals surface area (Å²) in [6.45, 7) is 1.93. The lowest BCUT2D eigenvalue weighted by atomic mass is 10.1.